The smallest absolute Gasteiger partial charge is 0.260 e. The number of hydrogen-bond acceptors (Lipinski definition) is 5. The first kappa shape index (κ1) is 16.7. The van der Waals surface area contributed by atoms with Crippen LogP contribution in [-0.4, -0.2) is 23.0 Å². The molecule has 1 heterocycles. The van der Waals surface area contributed by atoms with Gasteiger partial charge >= 0.3 is 0 Å². The van der Waals surface area contributed by atoms with E-state index in [9.17, 15) is 9.59 Å². The highest BCUT2D eigenvalue weighted by atomic mass is 16.5. The second kappa shape index (κ2) is 7.55. The minimum absolute atomic E-state index is 0.219. The van der Waals surface area contributed by atoms with Crippen LogP contribution in [0.25, 0.3) is 0 Å². The topological polar surface area (TPSA) is 110 Å². The monoisotopic (exact) mass is 316 g/mol. The van der Waals surface area contributed by atoms with Crippen LogP contribution in [0.4, 0.5) is 11.4 Å². The zero-order valence-corrected chi connectivity index (χ0v) is 13.1. The van der Waals surface area contributed by atoms with Crippen molar-refractivity contribution in [2.24, 2.45) is 5.73 Å². The maximum atomic E-state index is 12.0. The molecule has 2 rings (SSSR count). The number of amides is 2. The van der Waals surface area contributed by atoms with Crippen molar-refractivity contribution in [2.75, 3.05) is 10.6 Å². The molecular formula is C16H20N4O3. The SMILES string of the molecule is CCCC(N)C(=O)Nc1ccc(NC(=O)c2cnoc2C)cc1. The third-order valence-corrected chi connectivity index (χ3v) is 3.34. The molecule has 7 nitrogen and oxygen atoms in total. The number of nitrogens with one attached hydrogen (secondary N) is 2. The van der Waals surface area contributed by atoms with Gasteiger partial charge in [-0.15, -0.1) is 0 Å². The Morgan fingerprint density at radius 1 is 1.22 bits per heavy atom. The van der Waals surface area contributed by atoms with E-state index in [0.717, 1.165) is 6.42 Å². The molecule has 122 valence electrons. The van der Waals surface area contributed by atoms with Crippen molar-refractivity contribution in [2.45, 2.75) is 32.7 Å². The summed E-state index contributed by atoms with van der Waals surface area (Å²) < 4.78 is 4.86. The van der Waals surface area contributed by atoms with E-state index in [2.05, 4.69) is 15.8 Å². The van der Waals surface area contributed by atoms with Gasteiger partial charge in [0, 0.05) is 11.4 Å². The maximum Gasteiger partial charge on any atom is 0.260 e. The predicted molar refractivity (Wildman–Crippen MR) is 87.1 cm³/mol. The number of anilines is 2. The van der Waals surface area contributed by atoms with Gasteiger partial charge in [-0.05, 0) is 37.6 Å². The van der Waals surface area contributed by atoms with Crippen LogP contribution in [0.15, 0.2) is 35.0 Å². The predicted octanol–water partition coefficient (Wildman–Crippen LogP) is 2.30. The normalized spacial score (nSPS) is 11.8. The second-order valence-electron chi connectivity index (χ2n) is 5.21. The Morgan fingerprint density at radius 2 is 1.83 bits per heavy atom. The molecule has 1 aromatic carbocycles. The van der Waals surface area contributed by atoms with Crippen molar-refractivity contribution >= 4 is 23.2 Å². The minimum Gasteiger partial charge on any atom is -0.361 e. The third kappa shape index (κ3) is 4.40. The van der Waals surface area contributed by atoms with Crippen LogP contribution < -0.4 is 16.4 Å². The molecule has 0 bridgehead atoms. The molecule has 1 aromatic heterocycles. The summed E-state index contributed by atoms with van der Waals surface area (Å²) >= 11 is 0. The summed E-state index contributed by atoms with van der Waals surface area (Å²) in [6.45, 7) is 3.64. The summed E-state index contributed by atoms with van der Waals surface area (Å²) in [6, 6.07) is 6.28. The molecule has 0 saturated carbocycles. The number of aryl methyl sites for hydroxylation is 1. The lowest BCUT2D eigenvalue weighted by Gasteiger charge is -2.11. The molecule has 23 heavy (non-hydrogen) atoms. The molecular weight excluding hydrogens is 296 g/mol. The van der Waals surface area contributed by atoms with Crippen molar-refractivity contribution < 1.29 is 14.1 Å². The molecule has 0 radical (unpaired) electrons. The number of hydrogen-bond donors (Lipinski definition) is 3. The van der Waals surface area contributed by atoms with Crippen LogP contribution in [0.3, 0.4) is 0 Å². The van der Waals surface area contributed by atoms with E-state index >= 15 is 0 Å². The van der Waals surface area contributed by atoms with Crippen molar-refractivity contribution in [3.8, 4) is 0 Å². The van der Waals surface area contributed by atoms with Gasteiger partial charge in [0.05, 0.1) is 12.2 Å². The Labute approximate surface area is 134 Å². The molecule has 7 heteroatoms. The fourth-order valence-electron chi connectivity index (χ4n) is 2.03. The summed E-state index contributed by atoms with van der Waals surface area (Å²) in [5.74, 6) is -0.0643. The van der Waals surface area contributed by atoms with Crippen molar-refractivity contribution in [1.29, 1.82) is 0 Å². The number of rotatable bonds is 6. The fourth-order valence-corrected chi connectivity index (χ4v) is 2.03. The van der Waals surface area contributed by atoms with Gasteiger partial charge in [0.1, 0.15) is 11.3 Å². The third-order valence-electron chi connectivity index (χ3n) is 3.34. The van der Waals surface area contributed by atoms with Gasteiger partial charge in [-0.3, -0.25) is 9.59 Å². The highest BCUT2D eigenvalue weighted by Gasteiger charge is 2.14. The number of carbonyl (C=O) groups excluding carboxylic acids is 2. The van der Waals surface area contributed by atoms with Crippen LogP contribution >= 0.6 is 0 Å². The molecule has 0 aliphatic carbocycles. The molecule has 0 spiro atoms. The van der Waals surface area contributed by atoms with E-state index in [1.54, 1.807) is 31.2 Å². The number of nitrogens with zero attached hydrogens (tertiary/aromatic N) is 1. The van der Waals surface area contributed by atoms with Gasteiger partial charge in [0.2, 0.25) is 5.91 Å². The quantitative estimate of drug-likeness (QED) is 0.757. The van der Waals surface area contributed by atoms with Crippen molar-refractivity contribution in [3.63, 3.8) is 0 Å². The Balaban J connectivity index is 1.96. The number of nitrogens with two attached hydrogens (primary N) is 1. The summed E-state index contributed by atoms with van der Waals surface area (Å²) in [5, 5.41) is 9.04. The van der Waals surface area contributed by atoms with Crippen molar-refractivity contribution in [1.82, 2.24) is 5.16 Å². The second-order valence-corrected chi connectivity index (χ2v) is 5.21. The number of benzene rings is 1. The van der Waals surface area contributed by atoms with E-state index < -0.39 is 6.04 Å². The van der Waals surface area contributed by atoms with Gasteiger partial charge in [-0.2, -0.15) is 0 Å². The molecule has 0 aliphatic rings. The van der Waals surface area contributed by atoms with Gasteiger partial charge in [-0.1, -0.05) is 18.5 Å². The Hall–Kier alpha value is -2.67. The molecule has 2 amide bonds. The van der Waals surface area contributed by atoms with Crippen LogP contribution in [0, 0.1) is 6.92 Å². The Kier molecular flexibility index (Phi) is 5.48. The maximum absolute atomic E-state index is 12.0. The van der Waals surface area contributed by atoms with Crippen LogP contribution in [-0.2, 0) is 4.79 Å². The van der Waals surface area contributed by atoms with Gasteiger partial charge < -0.3 is 20.9 Å². The summed E-state index contributed by atoms with van der Waals surface area (Å²) in [4.78, 5) is 23.9. The first-order valence-electron chi connectivity index (χ1n) is 7.40. The molecule has 0 fully saturated rings. The first-order valence-corrected chi connectivity index (χ1v) is 7.40. The fraction of sp³-hybridized carbons (Fsp3) is 0.312. The van der Waals surface area contributed by atoms with E-state index in [0.29, 0.717) is 29.1 Å². The largest absolute Gasteiger partial charge is 0.361 e. The summed E-state index contributed by atoms with van der Waals surface area (Å²) in [5.41, 5.74) is 7.37. The van der Waals surface area contributed by atoms with Crippen LogP contribution in [0.1, 0.15) is 35.9 Å². The lowest BCUT2D eigenvalue weighted by atomic mass is 10.1. The Morgan fingerprint density at radius 3 is 2.35 bits per heavy atom. The standard InChI is InChI=1S/C16H20N4O3/c1-3-4-14(17)16(22)20-12-7-5-11(6-8-12)19-15(21)13-9-18-23-10(13)2/h5-9,14H,3-4,17H2,1-2H3,(H,19,21)(H,20,22). The zero-order valence-electron chi connectivity index (χ0n) is 13.1. The molecule has 1 unspecified atom stereocenters. The molecule has 4 N–H and O–H groups in total. The highest BCUT2D eigenvalue weighted by molar-refractivity contribution is 6.04. The van der Waals surface area contributed by atoms with Crippen molar-refractivity contribution in [3.05, 3.63) is 41.8 Å². The average molecular weight is 316 g/mol. The van der Waals surface area contributed by atoms with E-state index in [1.807, 2.05) is 6.92 Å². The Bertz CT molecular complexity index is 679. The lowest BCUT2D eigenvalue weighted by molar-refractivity contribution is -0.117. The van der Waals surface area contributed by atoms with E-state index in [4.69, 9.17) is 10.3 Å². The molecule has 0 aliphatic heterocycles. The molecule has 2 aromatic rings. The number of aromatic nitrogens is 1. The van der Waals surface area contributed by atoms with E-state index in [1.165, 1.54) is 6.20 Å². The van der Waals surface area contributed by atoms with Gasteiger partial charge in [0.15, 0.2) is 0 Å². The molecule has 1 atom stereocenters. The average Bonchev–Trinajstić information content (AvgIpc) is 2.95. The zero-order chi connectivity index (χ0) is 16.8. The first-order chi connectivity index (χ1) is 11.0. The number of carbonyl (C=O) groups is 2. The summed E-state index contributed by atoms with van der Waals surface area (Å²) in [7, 11) is 0. The van der Waals surface area contributed by atoms with Gasteiger partial charge in [0.25, 0.3) is 5.91 Å². The lowest BCUT2D eigenvalue weighted by Crippen LogP contribution is -2.35. The van der Waals surface area contributed by atoms with Crippen LogP contribution in [0.2, 0.25) is 0 Å². The minimum atomic E-state index is -0.518. The van der Waals surface area contributed by atoms with Gasteiger partial charge in [-0.25, -0.2) is 0 Å². The molecule has 0 saturated heterocycles. The van der Waals surface area contributed by atoms with Crippen LogP contribution in [0.5, 0.6) is 0 Å². The van der Waals surface area contributed by atoms with E-state index in [-0.39, 0.29) is 11.8 Å². The highest BCUT2D eigenvalue weighted by Crippen LogP contribution is 2.16. The summed E-state index contributed by atoms with van der Waals surface area (Å²) in [6.07, 6.45) is 2.86.